The van der Waals surface area contributed by atoms with Crippen molar-refractivity contribution in [2.45, 2.75) is 37.6 Å². The zero-order valence-corrected chi connectivity index (χ0v) is 10.2. The number of nitrogens with one attached hydrogen (secondary N) is 1. The van der Waals surface area contributed by atoms with Crippen molar-refractivity contribution in [1.29, 1.82) is 0 Å². The zero-order chi connectivity index (χ0) is 14.0. The van der Waals surface area contributed by atoms with Crippen LogP contribution in [0.15, 0.2) is 12.5 Å². The van der Waals surface area contributed by atoms with E-state index in [2.05, 4.69) is 9.97 Å². The van der Waals surface area contributed by atoms with Crippen LogP contribution in [0.4, 0.5) is 0 Å². The van der Waals surface area contributed by atoms with Crippen LogP contribution in [0.3, 0.4) is 0 Å². The van der Waals surface area contributed by atoms with Crippen LogP contribution < -0.4 is 5.73 Å². The number of likely N-dealkylation sites (tertiary alicyclic amines) is 1. The van der Waals surface area contributed by atoms with E-state index in [9.17, 15) is 19.8 Å². The molecule has 1 aliphatic heterocycles. The van der Waals surface area contributed by atoms with E-state index < -0.39 is 30.2 Å². The average molecular weight is 268 g/mol. The van der Waals surface area contributed by atoms with E-state index in [1.165, 1.54) is 12.5 Å². The van der Waals surface area contributed by atoms with Crippen LogP contribution in [0.1, 0.15) is 18.5 Å². The van der Waals surface area contributed by atoms with E-state index in [0.29, 0.717) is 5.69 Å². The molecule has 2 amide bonds. The summed E-state index contributed by atoms with van der Waals surface area (Å²) in [6.45, 7) is 0. The molecular weight excluding hydrogens is 252 g/mol. The second kappa shape index (κ2) is 5.47. The van der Waals surface area contributed by atoms with Crippen molar-refractivity contribution in [2.75, 3.05) is 0 Å². The third kappa shape index (κ3) is 2.80. The van der Waals surface area contributed by atoms with Crippen molar-refractivity contribution >= 4 is 11.8 Å². The Labute approximate surface area is 109 Å². The molecule has 2 rings (SSSR count). The third-order valence-electron chi connectivity index (χ3n) is 3.15. The largest absolute Gasteiger partial charge is 0.366 e. The van der Waals surface area contributed by atoms with Gasteiger partial charge in [0.2, 0.25) is 11.8 Å². The van der Waals surface area contributed by atoms with Gasteiger partial charge in [0.05, 0.1) is 18.4 Å². The summed E-state index contributed by atoms with van der Waals surface area (Å²) < 4.78 is 0. The van der Waals surface area contributed by atoms with Gasteiger partial charge in [-0.2, -0.15) is 0 Å². The zero-order valence-electron chi connectivity index (χ0n) is 10.2. The summed E-state index contributed by atoms with van der Waals surface area (Å²) >= 11 is 0. The van der Waals surface area contributed by atoms with Gasteiger partial charge in [-0.15, -0.1) is 0 Å². The second-order valence-corrected chi connectivity index (χ2v) is 4.51. The minimum absolute atomic E-state index is 0.0852. The lowest BCUT2D eigenvalue weighted by Gasteiger charge is -2.35. The van der Waals surface area contributed by atoms with E-state index in [0.717, 1.165) is 4.90 Å². The fraction of sp³-hybridized carbons (Fsp3) is 0.545. The maximum atomic E-state index is 11.9. The summed E-state index contributed by atoms with van der Waals surface area (Å²) in [5.41, 5.74) is 6.21. The first-order valence-electron chi connectivity index (χ1n) is 5.95. The number of hydrogen-bond acceptors (Lipinski definition) is 6. The predicted octanol–water partition coefficient (Wildman–Crippen LogP) is -1.89. The van der Waals surface area contributed by atoms with E-state index in [1.54, 1.807) is 0 Å². The Kier molecular flexibility index (Phi) is 3.93. The Morgan fingerprint density at radius 3 is 2.84 bits per heavy atom. The summed E-state index contributed by atoms with van der Waals surface area (Å²) in [5, 5.41) is 18.8. The highest BCUT2D eigenvalue weighted by molar-refractivity contribution is 6.00. The van der Waals surface area contributed by atoms with Crippen molar-refractivity contribution in [2.24, 2.45) is 5.73 Å². The predicted molar refractivity (Wildman–Crippen MR) is 63.4 cm³/mol. The summed E-state index contributed by atoms with van der Waals surface area (Å²) in [6, 6.07) is -1.84. The highest BCUT2D eigenvalue weighted by Gasteiger charge is 2.39. The lowest BCUT2D eigenvalue weighted by atomic mass is 10.00. The Morgan fingerprint density at radius 1 is 1.53 bits per heavy atom. The lowest BCUT2D eigenvalue weighted by Crippen LogP contribution is -2.59. The van der Waals surface area contributed by atoms with E-state index >= 15 is 0 Å². The number of hydrogen-bond donors (Lipinski definition) is 4. The number of imidazole rings is 1. The van der Waals surface area contributed by atoms with Gasteiger partial charge in [0.15, 0.2) is 6.29 Å². The number of aromatic nitrogens is 2. The van der Waals surface area contributed by atoms with E-state index in [1.807, 2.05) is 0 Å². The summed E-state index contributed by atoms with van der Waals surface area (Å²) in [5.74, 6) is -1.02. The van der Waals surface area contributed by atoms with Crippen LogP contribution in [-0.4, -0.2) is 55.3 Å². The molecule has 2 heterocycles. The number of carbonyl (C=O) groups is 2. The van der Waals surface area contributed by atoms with Crippen molar-refractivity contribution < 1.29 is 19.8 Å². The first-order chi connectivity index (χ1) is 9.00. The molecular formula is C11H16N4O4. The number of imide groups is 1. The van der Waals surface area contributed by atoms with Gasteiger partial charge >= 0.3 is 0 Å². The number of aliphatic hydroxyl groups is 2. The van der Waals surface area contributed by atoms with Gasteiger partial charge in [-0.3, -0.25) is 14.5 Å². The number of aliphatic hydroxyl groups excluding tert-OH is 1. The van der Waals surface area contributed by atoms with Gasteiger partial charge in [0, 0.05) is 24.7 Å². The summed E-state index contributed by atoms with van der Waals surface area (Å²) in [6.07, 6.45) is 1.59. The molecule has 0 radical (unpaired) electrons. The number of piperidine rings is 1. The molecule has 0 aliphatic carbocycles. The van der Waals surface area contributed by atoms with Crippen LogP contribution in [0, 0.1) is 0 Å². The second-order valence-electron chi connectivity index (χ2n) is 4.51. The van der Waals surface area contributed by atoms with Crippen LogP contribution in [0.2, 0.25) is 0 Å². The molecule has 2 atom stereocenters. The molecule has 0 saturated carbocycles. The number of rotatable bonds is 4. The average Bonchev–Trinajstić information content (AvgIpc) is 2.86. The molecule has 1 fully saturated rings. The molecule has 19 heavy (non-hydrogen) atoms. The molecule has 5 N–H and O–H groups in total. The molecule has 1 aromatic rings. The molecule has 0 aromatic carbocycles. The minimum Gasteiger partial charge on any atom is -0.366 e. The number of aromatic amines is 1. The number of carbonyl (C=O) groups excluding carboxylic acids is 2. The van der Waals surface area contributed by atoms with Gasteiger partial charge in [-0.25, -0.2) is 4.98 Å². The molecule has 1 aliphatic rings. The van der Waals surface area contributed by atoms with Crippen molar-refractivity contribution in [3.05, 3.63) is 18.2 Å². The molecule has 0 spiro atoms. The molecule has 104 valence electrons. The van der Waals surface area contributed by atoms with E-state index in [4.69, 9.17) is 5.73 Å². The lowest BCUT2D eigenvalue weighted by molar-refractivity contribution is -0.165. The quantitative estimate of drug-likeness (QED) is 0.373. The molecule has 8 heteroatoms. The molecule has 2 unspecified atom stereocenters. The fourth-order valence-corrected chi connectivity index (χ4v) is 2.12. The van der Waals surface area contributed by atoms with Crippen LogP contribution in [-0.2, 0) is 16.0 Å². The van der Waals surface area contributed by atoms with Gasteiger partial charge in [-0.1, -0.05) is 0 Å². The Balaban J connectivity index is 2.22. The fourth-order valence-electron chi connectivity index (χ4n) is 2.12. The summed E-state index contributed by atoms with van der Waals surface area (Å²) in [7, 11) is 0. The highest BCUT2D eigenvalue weighted by atomic mass is 16.5. The molecule has 0 bridgehead atoms. The maximum absolute atomic E-state index is 11.9. The van der Waals surface area contributed by atoms with Crippen molar-refractivity contribution in [1.82, 2.24) is 14.9 Å². The Bertz CT molecular complexity index is 459. The number of nitrogens with two attached hydrogens (primary N) is 1. The SMILES string of the molecule is NC1CCC(=O)N(C(Cc2cnc[nH]2)C(O)O)C1=O. The minimum atomic E-state index is -1.83. The summed E-state index contributed by atoms with van der Waals surface area (Å²) in [4.78, 5) is 31.2. The monoisotopic (exact) mass is 268 g/mol. The van der Waals surface area contributed by atoms with E-state index in [-0.39, 0.29) is 19.3 Å². The Morgan fingerprint density at radius 2 is 2.26 bits per heavy atom. The number of amides is 2. The standard InChI is InChI=1S/C11H16N4O4/c12-7-1-2-9(16)15(10(7)17)8(11(18)19)3-6-4-13-5-14-6/h4-5,7-8,11,18-19H,1-3,12H2,(H,13,14). The Hall–Kier alpha value is -1.77. The highest BCUT2D eigenvalue weighted by Crippen LogP contribution is 2.19. The van der Waals surface area contributed by atoms with Crippen LogP contribution in [0.25, 0.3) is 0 Å². The normalized spacial score (nSPS) is 22.1. The van der Waals surface area contributed by atoms with Crippen molar-refractivity contribution in [3.63, 3.8) is 0 Å². The van der Waals surface area contributed by atoms with Gasteiger partial charge in [0.1, 0.15) is 0 Å². The first kappa shape index (κ1) is 13.7. The molecule has 8 nitrogen and oxygen atoms in total. The number of nitrogens with zero attached hydrogens (tertiary/aromatic N) is 2. The smallest absolute Gasteiger partial charge is 0.246 e. The van der Waals surface area contributed by atoms with Gasteiger partial charge in [-0.05, 0) is 6.42 Å². The van der Waals surface area contributed by atoms with Crippen LogP contribution in [0.5, 0.6) is 0 Å². The first-order valence-corrected chi connectivity index (χ1v) is 5.95. The van der Waals surface area contributed by atoms with Crippen molar-refractivity contribution in [3.8, 4) is 0 Å². The van der Waals surface area contributed by atoms with Crippen LogP contribution >= 0.6 is 0 Å². The molecule has 1 aromatic heterocycles. The van der Waals surface area contributed by atoms with Gasteiger partial charge < -0.3 is 20.9 Å². The maximum Gasteiger partial charge on any atom is 0.246 e. The topological polar surface area (TPSA) is 133 Å². The third-order valence-corrected chi connectivity index (χ3v) is 3.15. The number of H-pyrrole nitrogens is 1. The van der Waals surface area contributed by atoms with Gasteiger partial charge in [0.25, 0.3) is 0 Å². The molecule has 1 saturated heterocycles.